The van der Waals surface area contributed by atoms with E-state index in [4.69, 9.17) is 15.5 Å². The normalized spacial score (nSPS) is 26.2. The number of carbonyl (C=O) groups is 1. The summed E-state index contributed by atoms with van der Waals surface area (Å²) in [4.78, 5) is 27.1. The molecule has 0 radical (unpaired) electrons. The number of benzene rings is 1. The lowest BCUT2D eigenvalue weighted by molar-refractivity contribution is -0.122. The van der Waals surface area contributed by atoms with Crippen LogP contribution >= 0.6 is 0 Å². The van der Waals surface area contributed by atoms with E-state index in [1.165, 1.54) is 5.56 Å². The van der Waals surface area contributed by atoms with Crippen molar-refractivity contribution in [3.8, 4) is 11.4 Å². The highest BCUT2D eigenvalue weighted by Gasteiger charge is 2.47. The molecular formula is C25H29N7O2. The number of nitrogens with zero attached hydrogens (tertiary/aromatic N) is 3. The van der Waals surface area contributed by atoms with Crippen LogP contribution in [0.5, 0.6) is 0 Å². The van der Waals surface area contributed by atoms with Crippen molar-refractivity contribution in [1.29, 1.82) is 0 Å². The summed E-state index contributed by atoms with van der Waals surface area (Å²) < 4.78 is 5.46. The van der Waals surface area contributed by atoms with Crippen molar-refractivity contribution in [2.45, 2.75) is 19.0 Å². The lowest BCUT2D eigenvalue weighted by atomic mass is 9.88. The monoisotopic (exact) mass is 459 g/mol. The molecule has 3 aliphatic heterocycles. The van der Waals surface area contributed by atoms with Crippen LogP contribution in [0.2, 0.25) is 0 Å². The van der Waals surface area contributed by atoms with Crippen molar-refractivity contribution >= 4 is 23.4 Å². The Labute approximate surface area is 198 Å². The molecule has 1 aromatic carbocycles. The van der Waals surface area contributed by atoms with Crippen molar-refractivity contribution in [3.63, 3.8) is 0 Å². The first-order valence-electron chi connectivity index (χ1n) is 11.9. The van der Waals surface area contributed by atoms with Gasteiger partial charge in [0.1, 0.15) is 11.6 Å². The highest BCUT2D eigenvalue weighted by atomic mass is 16.5. The average Bonchev–Trinajstić information content (AvgIpc) is 3.56. The molecule has 2 aliphatic carbocycles. The van der Waals surface area contributed by atoms with E-state index in [9.17, 15) is 4.79 Å². The van der Waals surface area contributed by atoms with Crippen LogP contribution in [0.3, 0.4) is 0 Å². The number of carbonyl (C=O) groups excluding carboxylic acids is 1. The minimum atomic E-state index is -0.260. The summed E-state index contributed by atoms with van der Waals surface area (Å²) in [6.07, 6.45) is 7.03. The number of nitrogens with two attached hydrogens (primary N) is 1. The van der Waals surface area contributed by atoms with E-state index in [0.29, 0.717) is 11.8 Å². The molecule has 2 bridgehead atoms. The first-order valence-corrected chi connectivity index (χ1v) is 11.9. The van der Waals surface area contributed by atoms with Gasteiger partial charge in [-0.2, -0.15) is 4.98 Å². The molecule has 1 saturated heterocycles. The van der Waals surface area contributed by atoms with Crippen molar-refractivity contribution in [3.05, 3.63) is 54.2 Å². The zero-order valence-electron chi connectivity index (χ0n) is 18.9. The minimum Gasteiger partial charge on any atom is -0.379 e. The van der Waals surface area contributed by atoms with E-state index < -0.39 is 0 Å². The summed E-state index contributed by atoms with van der Waals surface area (Å²) in [7, 11) is 0. The zero-order valence-corrected chi connectivity index (χ0v) is 18.9. The van der Waals surface area contributed by atoms with Crippen LogP contribution in [0.4, 0.5) is 17.5 Å². The second kappa shape index (κ2) is 8.73. The van der Waals surface area contributed by atoms with Gasteiger partial charge in [-0.15, -0.1) is 0 Å². The van der Waals surface area contributed by atoms with Gasteiger partial charge in [-0.3, -0.25) is 9.69 Å². The quantitative estimate of drug-likeness (QED) is 0.401. The Morgan fingerprint density at radius 3 is 2.91 bits per heavy atom. The number of hydrogen-bond acceptors (Lipinski definition) is 7. The molecule has 0 aromatic heterocycles. The number of primary amides is 1. The van der Waals surface area contributed by atoms with Crippen LogP contribution in [0, 0.1) is 17.8 Å². The fraction of sp³-hybridized carbons (Fsp3) is 0.400. The number of aromatic amines is 1. The second-order valence-electron chi connectivity index (χ2n) is 9.40. The highest BCUT2D eigenvalue weighted by molar-refractivity contribution is 5.81. The lowest BCUT2D eigenvalue weighted by Gasteiger charge is -2.28. The molecular weight excluding hydrogens is 430 g/mol. The molecule has 3 heterocycles. The van der Waals surface area contributed by atoms with Gasteiger partial charge in [-0.1, -0.05) is 24.3 Å². The van der Waals surface area contributed by atoms with Crippen LogP contribution in [0.15, 0.2) is 48.7 Å². The SMILES string of the molecule is NC(=O)C1C2C=CC(C2)C1Nc1nc(Nc2cccc(CN3CCOCC3)c2)[nH]c2nccc1-2. The van der Waals surface area contributed by atoms with Gasteiger partial charge in [-0.25, -0.2) is 4.98 Å². The van der Waals surface area contributed by atoms with Crippen molar-refractivity contribution in [1.82, 2.24) is 19.9 Å². The predicted molar refractivity (Wildman–Crippen MR) is 130 cm³/mol. The largest absolute Gasteiger partial charge is 0.379 e. The van der Waals surface area contributed by atoms with E-state index in [1.807, 2.05) is 12.1 Å². The van der Waals surface area contributed by atoms with Crippen molar-refractivity contribution < 1.29 is 9.53 Å². The Kier molecular flexibility index (Phi) is 5.43. The summed E-state index contributed by atoms with van der Waals surface area (Å²) >= 11 is 0. The van der Waals surface area contributed by atoms with E-state index in [1.54, 1.807) is 6.20 Å². The standard InChI is InChI=1S/C25H29N7O2/c26-22(33)20-16-4-5-17(13-16)21(20)29-24-19-6-7-27-23(19)30-25(31-24)28-18-3-1-2-15(12-18)14-32-8-10-34-11-9-32/h1-7,12,16-17,20-21H,8-11,13-14H2,(H2,26,33)(H3,27,28,29,30,31). The molecule has 0 spiro atoms. The fourth-order valence-electron chi connectivity index (χ4n) is 5.57. The van der Waals surface area contributed by atoms with Gasteiger partial charge in [-0.05, 0) is 42.0 Å². The number of aromatic nitrogens is 3. The summed E-state index contributed by atoms with van der Waals surface area (Å²) in [5.74, 6) is 2.02. The average molecular weight is 460 g/mol. The van der Waals surface area contributed by atoms with Crippen LogP contribution in [0.25, 0.3) is 11.4 Å². The number of fused-ring (bicyclic) bond motifs is 3. The molecule has 5 N–H and O–H groups in total. The summed E-state index contributed by atoms with van der Waals surface area (Å²) in [6.45, 7) is 4.36. The van der Waals surface area contributed by atoms with E-state index in [-0.39, 0.29) is 29.7 Å². The first-order chi connectivity index (χ1) is 16.6. The molecule has 1 saturated carbocycles. The molecule has 5 aliphatic rings. The van der Waals surface area contributed by atoms with Gasteiger partial charge in [0.05, 0.1) is 24.7 Å². The molecule has 176 valence electrons. The van der Waals surface area contributed by atoms with E-state index in [0.717, 1.165) is 56.3 Å². The fourth-order valence-corrected chi connectivity index (χ4v) is 5.57. The third-order valence-corrected chi connectivity index (χ3v) is 7.21. The number of rotatable bonds is 7. The maximum atomic E-state index is 12.2. The Bertz CT molecular complexity index is 1190. The number of anilines is 3. The number of nitrogens with one attached hydrogen (secondary N) is 3. The number of allylic oxidation sites excluding steroid dienone is 1. The summed E-state index contributed by atoms with van der Waals surface area (Å²) in [5.41, 5.74) is 8.83. The molecule has 4 unspecified atom stereocenters. The third-order valence-electron chi connectivity index (χ3n) is 7.21. The predicted octanol–water partition coefficient (Wildman–Crippen LogP) is 2.57. The summed E-state index contributed by atoms with van der Waals surface area (Å²) in [5, 5.41) is 6.94. The number of ether oxygens (including phenoxy) is 1. The van der Waals surface area contributed by atoms with Crippen LogP contribution < -0.4 is 16.4 Å². The van der Waals surface area contributed by atoms with E-state index >= 15 is 0 Å². The van der Waals surface area contributed by atoms with Gasteiger partial charge in [0.15, 0.2) is 0 Å². The second-order valence-corrected chi connectivity index (χ2v) is 9.40. The Balaban J connectivity index is 1.24. The van der Waals surface area contributed by atoms with Crippen LogP contribution in [-0.4, -0.2) is 58.1 Å². The Morgan fingerprint density at radius 2 is 2.06 bits per heavy atom. The Morgan fingerprint density at radius 1 is 1.21 bits per heavy atom. The molecule has 6 rings (SSSR count). The topological polar surface area (TPSA) is 121 Å². The third kappa shape index (κ3) is 4.01. The van der Waals surface area contributed by atoms with Crippen molar-refractivity contribution in [2.24, 2.45) is 23.5 Å². The van der Waals surface area contributed by atoms with Crippen LogP contribution in [-0.2, 0) is 16.1 Å². The van der Waals surface area contributed by atoms with Gasteiger partial charge in [0, 0.05) is 37.6 Å². The van der Waals surface area contributed by atoms with Crippen molar-refractivity contribution in [2.75, 3.05) is 36.9 Å². The Hall–Kier alpha value is -3.43. The molecule has 4 atom stereocenters. The number of hydrogen-bond donors (Lipinski definition) is 4. The molecule has 9 nitrogen and oxygen atoms in total. The van der Waals surface area contributed by atoms with Crippen LogP contribution in [0.1, 0.15) is 12.0 Å². The number of H-pyrrole nitrogens is 1. The summed E-state index contributed by atoms with van der Waals surface area (Å²) in [6, 6.07) is 10.2. The molecule has 34 heavy (non-hydrogen) atoms. The lowest BCUT2D eigenvalue weighted by Crippen LogP contribution is -2.41. The molecule has 1 amide bonds. The van der Waals surface area contributed by atoms with Gasteiger partial charge >= 0.3 is 0 Å². The molecule has 2 fully saturated rings. The smallest absolute Gasteiger partial charge is 0.223 e. The maximum absolute atomic E-state index is 12.2. The maximum Gasteiger partial charge on any atom is 0.223 e. The molecule has 1 aromatic rings. The number of amides is 1. The van der Waals surface area contributed by atoms with Gasteiger partial charge in [0.2, 0.25) is 11.9 Å². The van der Waals surface area contributed by atoms with Gasteiger partial charge in [0.25, 0.3) is 0 Å². The highest BCUT2D eigenvalue weighted by Crippen LogP contribution is 2.45. The minimum absolute atomic E-state index is 0.0646. The van der Waals surface area contributed by atoms with E-state index in [2.05, 4.69) is 55.9 Å². The molecule has 9 heteroatoms. The zero-order chi connectivity index (χ0) is 23.1. The van der Waals surface area contributed by atoms with Gasteiger partial charge < -0.3 is 26.1 Å². The number of morpholine rings is 1. The first kappa shape index (κ1) is 21.1.